The number of rotatable bonds is 4. The molecular formula is C21H26ClN4OS+. The van der Waals surface area contributed by atoms with Crippen molar-refractivity contribution in [2.24, 2.45) is 4.99 Å². The van der Waals surface area contributed by atoms with Crippen molar-refractivity contribution in [1.29, 1.82) is 0 Å². The van der Waals surface area contributed by atoms with Crippen molar-refractivity contribution in [1.82, 2.24) is 4.90 Å². The molecule has 1 saturated heterocycles. The Kier molecular flexibility index (Phi) is 7.36. The Morgan fingerprint density at radius 2 is 1.93 bits per heavy atom. The number of aliphatic imine (C=N–C) groups is 1. The molecule has 0 aliphatic carbocycles. The second kappa shape index (κ2) is 9.96. The molecule has 0 atom stereocenters. The van der Waals surface area contributed by atoms with Gasteiger partial charge in [-0.1, -0.05) is 47.6 Å². The van der Waals surface area contributed by atoms with Gasteiger partial charge in [-0.3, -0.25) is 4.79 Å². The summed E-state index contributed by atoms with van der Waals surface area (Å²) in [6.07, 6.45) is 0. The number of thioether (sulfide) groups is 1. The van der Waals surface area contributed by atoms with Crippen molar-refractivity contribution < 1.29 is 9.69 Å². The molecule has 1 heterocycles. The summed E-state index contributed by atoms with van der Waals surface area (Å²) in [7, 11) is 2.21. The minimum absolute atomic E-state index is 0.0594. The van der Waals surface area contributed by atoms with Gasteiger partial charge in [0.2, 0.25) is 5.91 Å². The van der Waals surface area contributed by atoms with Crippen molar-refractivity contribution in [2.45, 2.75) is 6.92 Å². The maximum absolute atomic E-state index is 12.5. The van der Waals surface area contributed by atoms with Gasteiger partial charge in [0.1, 0.15) is 0 Å². The molecule has 0 unspecified atom stereocenters. The number of hydrogen-bond donors (Lipinski definition) is 2. The number of likely N-dealkylation sites (N-methyl/N-ethyl adjacent to an activating group) is 1. The Morgan fingerprint density at radius 1 is 1.21 bits per heavy atom. The second-order valence-electron chi connectivity index (χ2n) is 6.97. The fraction of sp³-hybridized carbons (Fsp3) is 0.333. The quantitative estimate of drug-likeness (QED) is 0.594. The predicted octanol–water partition coefficient (Wildman–Crippen LogP) is 2.84. The lowest BCUT2D eigenvalue weighted by atomic mass is 10.2. The van der Waals surface area contributed by atoms with E-state index in [1.54, 1.807) is 6.07 Å². The van der Waals surface area contributed by atoms with Gasteiger partial charge in [-0.05, 0) is 36.8 Å². The molecule has 2 aromatic carbocycles. The van der Waals surface area contributed by atoms with Gasteiger partial charge in [-0.15, -0.1) is 0 Å². The fourth-order valence-electron chi connectivity index (χ4n) is 2.93. The molecule has 0 spiro atoms. The number of carbonyl (C=O) groups is 1. The average Bonchev–Trinajstić information content (AvgIpc) is 2.69. The number of para-hydroxylation sites is 1. The number of nitrogens with zero attached hydrogens (tertiary/aromatic N) is 2. The number of amidine groups is 1. The van der Waals surface area contributed by atoms with Crippen LogP contribution in [0.1, 0.15) is 5.56 Å². The molecule has 0 saturated carbocycles. The number of amides is 1. The molecule has 3 rings (SSSR count). The molecule has 5 nitrogen and oxygen atoms in total. The van der Waals surface area contributed by atoms with E-state index in [1.165, 1.54) is 16.7 Å². The Balaban J connectivity index is 1.68. The number of nitrogens with one attached hydrogen (secondary N) is 2. The Morgan fingerprint density at radius 3 is 2.64 bits per heavy atom. The normalized spacial score (nSPS) is 15.5. The summed E-state index contributed by atoms with van der Waals surface area (Å²) in [6.45, 7) is 5.98. The molecule has 28 heavy (non-hydrogen) atoms. The molecule has 0 aromatic heterocycles. The van der Waals surface area contributed by atoms with Crippen LogP contribution in [0.2, 0.25) is 5.02 Å². The summed E-state index contributed by atoms with van der Waals surface area (Å²) in [6, 6.07) is 15.4. The summed E-state index contributed by atoms with van der Waals surface area (Å²) in [4.78, 5) is 21.1. The second-order valence-corrected chi connectivity index (χ2v) is 8.35. The van der Waals surface area contributed by atoms with Crippen molar-refractivity contribution >= 4 is 45.8 Å². The monoisotopic (exact) mass is 417 g/mol. The summed E-state index contributed by atoms with van der Waals surface area (Å²) < 4.78 is 0. The third-order valence-corrected chi connectivity index (χ3v) is 5.92. The number of carbonyl (C=O) groups excluding carboxylic acids is 1. The van der Waals surface area contributed by atoms with Crippen LogP contribution in [0.15, 0.2) is 53.5 Å². The van der Waals surface area contributed by atoms with Gasteiger partial charge in [0, 0.05) is 10.7 Å². The summed E-state index contributed by atoms with van der Waals surface area (Å²) in [5, 5.41) is 4.47. The number of piperazine rings is 1. The molecule has 1 amide bonds. The molecule has 1 aliphatic heterocycles. The Hall–Kier alpha value is -2.02. The number of quaternary nitrogens is 1. The maximum Gasteiger partial charge on any atom is 0.234 e. The number of benzene rings is 2. The van der Waals surface area contributed by atoms with Crippen LogP contribution >= 0.6 is 23.4 Å². The van der Waals surface area contributed by atoms with Crippen molar-refractivity contribution in [2.75, 3.05) is 44.3 Å². The lowest BCUT2D eigenvalue weighted by Crippen LogP contribution is -3.12. The Bertz CT molecular complexity index is 836. The molecule has 0 bridgehead atoms. The van der Waals surface area contributed by atoms with Crippen LogP contribution in [0.3, 0.4) is 0 Å². The molecule has 2 N–H and O–H groups in total. The molecule has 7 heteroatoms. The van der Waals surface area contributed by atoms with Crippen molar-refractivity contribution in [3.05, 3.63) is 59.1 Å². The highest BCUT2D eigenvalue weighted by Gasteiger charge is 2.21. The van der Waals surface area contributed by atoms with Crippen LogP contribution in [0.25, 0.3) is 0 Å². The SMILES string of the molecule is Cc1ccc(Cl)cc1NC(=O)CSC(=Nc1ccccc1)N1CC[NH+](C)CC1. The van der Waals surface area contributed by atoms with Gasteiger partial charge < -0.3 is 15.1 Å². The molecule has 1 fully saturated rings. The van der Waals surface area contributed by atoms with Crippen LogP contribution in [-0.4, -0.2) is 55.0 Å². The Labute approximate surface area is 175 Å². The largest absolute Gasteiger partial charge is 0.340 e. The van der Waals surface area contributed by atoms with Gasteiger partial charge in [0.25, 0.3) is 0 Å². The third-order valence-electron chi connectivity index (χ3n) is 4.67. The number of hydrogen-bond acceptors (Lipinski definition) is 3. The zero-order valence-corrected chi connectivity index (χ0v) is 17.8. The molecular weight excluding hydrogens is 392 g/mol. The molecule has 2 aromatic rings. The topological polar surface area (TPSA) is 49.1 Å². The highest BCUT2D eigenvalue weighted by Crippen LogP contribution is 2.21. The van der Waals surface area contributed by atoms with Crippen LogP contribution in [0.4, 0.5) is 11.4 Å². The van der Waals surface area contributed by atoms with Crippen LogP contribution in [-0.2, 0) is 4.79 Å². The first-order valence-electron chi connectivity index (χ1n) is 9.40. The van der Waals surface area contributed by atoms with Crippen molar-refractivity contribution in [3.8, 4) is 0 Å². The maximum atomic E-state index is 12.5. The third kappa shape index (κ3) is 5.99. The van der Waals surface area contributed by atoms with Gasteiger partial charge >= 0.3 is 0 Å². The molecule has 0 radical (unpaired) electrons. The number of aryl methyl sites for hydroxylation is 1. The van der Waals surface area contributed by atoms with E-state index in [1.807, 2.05) is 49.4 Å². The van der Waals surface area contributed by atoms with Gasteiger partial charge in [0.05, 0.1) is 44.7 Å². The van der Waals surface area contributed by atoms with E-state index in [2.05, 4.69) is 17.3 Å². The van der Waals surface area contributed by atoms with Gasteiger partial charge in [-0.25, -0.2) is 4.99 Å². The zero-order chi connectivity index (χ0) is 19.9. The van der Waals surface area contributed by atoms with Crippen LogP contribution in [0.5, 0.6) is 0 Å². The van der Waals surface area contributed by atoms with Gasteiger partial charge in [0.15, 0.2) is 5.17 Å². The van der Waals surface area contributed by atoms with Crippen LogP contribution < -0.4 is 10.2 Å². The van der Waals surface area contributed by atoms with E-state index in [4.69, 9.17) is 16.6 Å². The number of anilines is 1. The minimum atomic E-state index is -0.0594. The van der Waals surface area contributed by atoms with E-state index >= 15 is 0 Å². The first-order valence-corrected chi connectivity index (χ1v) is 10.8. The zero-order valence-electron chi connectivity index (χ0n) is 16.2. The summed E-state index contributed by atoms with van der Waals surface area (Å²) >= 11 is 7.53. The first-order chi connectivity index (χ1) is 13.5. The van der Waals surface area contributed by atoms with E-state index < -0.39 is 0 Å². The molecule has 1 aliphatic rings. The van der Waals surface area contributed by atoms with Crippen molar-refractivity contribution in [3.63, 3.8) is 0 Å². The van der Waals surface area contributed by atoms with Crippen LogP contribution in [0, 0.1) is 6.92 Å². The van der Waals surface area contributed by atoms with Gasteiger partial charge in [-0.2, -0.15) is 0 Å². The lowest BCUT2D eigenvalue weighted by molar-refractivity contribution is -0.883. The average molecular weight is 418 g/mol. The first kappa shape index (κ1) is 20.7. The predicted molar refractivity (Wildman–Crippen MR) is 119 cm³/mol. The summed E-state index contributed by atoms with van der Waals surface area (Å²) in [5.41, 5.74) is 2.65. The van der Waals surface area contributed by atoms with E-state index in [0.717, 1.165) is 48.3 Å². The standard InChI is InChI=1S/C21H25ClN4OS/c1-16-8-9-17(22)14-19(16)24-20(27)15-28-21(23-18-6-4-3-5-7-18)26-12-10-25(2)11-13-26/h3-9,14H,10-13,15H2,1-2H3,(H,24,27)/p+1. The smallest absolute Gasteiger partial charge is 0.234 e. The summed E-state index contributed by atoms with van der Waals surface area (Å²) in [5.74, 6) is 0.243. The van der Waals surface area contributed by atoms with E-state index in [9.17, 15) is 4.79 Å². The molecule has 148 valence electrons. The lowest BCUT2D eigenvalue weighted by Gasteiger charge is -2.32. The highest BCUT2D eigenvalue weighted by molar-refractivity contribution is 8.14. The number of halogens is 1. The minimum Gasteiger partial charge on any atom is -0.340 e. The van der Waals surface area contributed by atoms with E-state index in [0.29, 0.717) is 10.8 Å². The fourth-order valence-corrected chi connectivity index (χ4v) is 3.97. The van der Waals surface area contributed by atoms with E-state index in [-0.39, 0.29) is 5.91 Å². The highest BCUT2D eigenvalue weighted by atomic mass is 35.5.